The Labute approximate surface area is 132 Å². The van der Waals surface area contributed by atoms with E-state index >= 15 is 0 Å². The standard InChI is InChI=1S/C18H14N2O3/c1-13(21)17(11-14-5-3-2-4-6-14)19-10-9-15-7-8-16(20(22)23)12-18(15)19/h2-12H,1H3/b17-11-. The second kappa shape index (κ2) is 5.88. The topological polar surface area (TPSA) is 65.1 Å². The number of allylic oxidation sites excluding steroid dienone is 1. The lowest BCUT2D eigenvalue weighted by molar-refractivity contribution is -0.384. The van der Waals surface area contributed by atoms with E-state index in [0.29, 0.717) is 11.2 Å². The number of carbonyl (C=O) groups excluding carboxylic acids is 1. The number of hydrogen-bond donors (Lipinski definition) is 0. The van der Waals surface area contributed by atoms with E-state index < -0.39 is 4.92 Å². The fraction of sp³-hybridized carbons (Fsp3) is 0.0556. The van der Waals surface area contributed by atoms with Crippen LogP contribution in [-0.4, -0.2) is 15.3 Å². The van der Waals surface area contributed by atoms with Gasteiger partial charge in [-0.3, -0.25) is 14.9 Å². The summed E-state index contributed by atoms with van der Waals surface area (Å²) in [6.45, 7) is 1.48. The fourth-order valence-electron chi connectivity index (χ4n) is 2.49. The molecular weight excluding hydrogens is 292 g/mol. The van der Waals surface area contributed by atoms with Crippen molar-refractivity contribution in [1.29, 1.82) is 0 Å². The average Bonchev–Trinajstić information content (AvgIpc) is 2.96. The molecule has 5 nitrogen and oxygen atoms in total. The number of non-ortho nitro benzene ring substituents is 1. The minimum atomic E-state index is -0.439. The van der Waals surface area contributed by atoms with Crippen molar-refractivity contribution in [3.8, 4) is 0 Å². The van der Waals surface area contributed by atoms with Gasteiger partial charge in [-0.1, -0.05) is 30.3 Å². The zero-order chi connectivity index (χ0) is 16.4. The Morgan fingerprint density at radius 3 is 2.52 bits per heavy atom. The molecule has 0 aliphatic carbocycles. The van der Waals surface area contributed by atoms with E-state index in [-0.39, 0.29) is 11.5 Å². The summed E-state index contributed by atoms with van der Waals surface area (Å²) in [5.74, 6) is -0.113. The second-order valence-corrected chi connectivity index (χ2v) is 5.18. The number of hydrogen-bond acceptors (Lipinski definition) is 3. The molecule has 0 N–H and O–H groups in total. The number of nitrogens with zero attached hydrogens (tertiary/aromatic N) is 2. The highest BCUT2D eigenvalue weighted by atomic mass is 16.6. The van der Waals surface area contributed by atoms with Crippen LogP contribution in [0.3, 0.4) is 0 Å². The Kier molecular flexibility index (Phi) is 3.76. The largest absolute Gasteiger partial charge is 0.313 e. The van der Waals surface area contributed by atoms with Crippen molar-refractivity contribution in [1.82, 2.24) is 4.57 Å². The Hall–Kier alpha value is -3.21. The molecule has 0 saturated carbocycles. The smallest absolute Gasteiger partial charge is 0.271 e. The maximum Gasteiger partial charge on any atom is 0.271 e. The number of rotatable bonds is 4. The summed E-state index contributed by atoms with van der Waals surface area (Å²) < 4.78 is 1.69. The van der Waals surface area contributed by atoms with Gasteiger partial charge in [0.25, 0.3) is 5.69 Å². The maximum atomic E-state index is 12.1. The molecule has 23 heavy (non-hydrogen) atoms. The number of aromatic nitrogens is 1. The van der Waals surface area contributed by atoms with E-state index in [2.05, 4.69) is 0 Å². The van der Waals surface area contributed by atoms with Crippen molar-refractivity contribution < 1.29 is 9.72 Å². The molecule has 0 aliphatic rings. The zero-order valence-corrected chi connectivity index (χ0v) is 12.5. The van der Waals surface area contributed by atoms with Crippen LogP contribution in [-0.2, 0) is 4.79 Å². The highest BCUT2D eigenvalue weighted by Crippen LogP contribution is 2.25. The molecule has 0 atom stereocenters. The third kappa shape index (κ3) is 2.89. The Balaban J connectivity index is 2.19. The average molecular weight is 306 g/mol. The summed E-state index contributed by atoms with van der Waals surface area (Å²) >= 11 is 0. The van der Waals surface area contributed by atoms with Crippen molar-refractivity contribution in [2.24, 2.45) is 0 Å². The summed E-state index contributed by atoms with van der Waals surface area (Å²) in [6, 6.07) is 15.9. The van der Waals surface area contributed by atoms with Crippen LogP contribution in [0.25, 0.3) is 22.7 Å². The van der Waals surface area contributed by atoms with Gasteiger partial charge < -0.3 is 4.57 Å². The molecule has 0 saturated heterocycles. The Morgan fingerprint density at radius 2 is 1.87 bits per heavy atom. The van der Waals surface area contributed by atoms with Gasteiger partial charge in [-0.15, -0.1) is 0 Å². The van der Waals surface area contributed by atoms with Crippen LogP contribution in [0.4, 0.5) is 5.69 Å². The van der Waals surface area contributed by atoms with Crippen LogP contribution >= 0.6 is 0 Å². The molecule has 0 aliphatic heterocycles. The molecule has 3 rings (SSSR count). The number of carbonyl (C=O) groups is 1. The summed E-state index contributed by atoms with van der Waals surface area (Å²) in [7, 11) is 0. The lowest BCUT2D eigenvalue weighted by Crippen LogP contribution is -2.04. The van der Waals surface area contributed by atoms with Gasteiger partial charge in [0.15, 0.2) is 5.78 Å². The van der Waals surface area contributed by atoms with Crippen LogP contribution < -0.4 is 0 Å². The molecule has 114 valence electrons. The SMILES string of the molecule is CC(=O)/C(=C/c1ccccc1)n1ccc2ccc([N+](=O)[O-])cc21. The van der Waals surface area contributed by atoms with Crippen molar-refractivity contribution in [3.63, 3.8) is 0 Å². The summed E-state index contributed by atoms with van der Waals surface area (Å²) in [4.78, 5) is 22.6. The minimum absolute atomic E-state index is 0.0000585. The molecule has 5 heteroatoms. The molecule has 0 spiro atoms. The second-order valence-electron chi connectivity index (χ2n) is 5.18. The summed E-state index contributed by atoms with van der Waals surface area (Å²) in [5.41, 5.74) is 1.99. The number of nitro benzene ring substituents is 1. The Bertz CT molecular complexity index is 924. The molecule has 3 aromatic rings. The van der Waals surface area contributed by atoms with Crippen LogP contribution in [0.1, 0.15) is 12.5 Å². The van der Waals surface area contributed by atoms with Crippen molar-refractivity contribution >= 4 is 34.1 Å². The first-order valence-corrected chi connectivity index (χ1v) is 7.10. The van der Waals surface area contributed by atoms with Crippen LogP contribution in [0.2, 0.25) is 0 Å². The summed E-state index contributed by atoms with van der Waals surface area (Å²) in [6.07, 6.45) is 3.53. The lowest BCUT2D eigenvalue weighted by Gasteiger charge is -2.08. The van der Waals surface area contributed by atoms with E-state index in [4.69, 9.17) is 0 Å². The van der Waals surface area contributed by atoms with Gasteiger partial charge in [0.2, 0.25) is 0 Å². The van der Waals surface area contributed by atoms with E-state index in [9.17, 15) is 14.9 Å². The molecule has 1 aromatic heterocycles. The first-order chi connectivity index (χ1) is 11.1. The van der Waals surface area contributed by atoms with Crippen molar-refractivity contribution in [2.75, 3.05) is 0 Å². The van der Waals surface area contributed by atoms with E-state index in [1.54, 1.807) is 22.9 Å². The molecule has 1 heterocycles. The Morgan fingerprint density at radius 1 is 1.13 bits per heavy atom. The number of ketones is 1. The normalized spacial score (nSPS) is 11.6. The van der Waals surface area contributed by atoms with Gasteiger partial charge in [-0.05, 0) is 23.8 Å². The van der Waals surface area contributed by atoms with Gasteiger partial charge in [0.05, 0.1) is 16.1 Å². The predicted octanol–water partition coefficient (Wildman–Crippen LogP) is 4.14. The number of fused-ring (bicyclic) bond motifs is 1. The highest BCUT2D eigenvalue weighted by Gasteiger charge is 2.13. The van der Waals surface area contributed by atoms with Gasteiger partial charge in [-0.2, -0.15) is 0 Å². The quantitative estimate of drug-likeness (QED) is 0.413. The number of Topliss-reactive ketones (excluding diaryl/α,β-unsaturated/α-hetero) is 1. The third-order valence-corrected chi connectivity index (χ3v) is 3.61. The molecule has 0 bridgehead atoms. The van der Waals surface area contributed by atoms with E-state index in [1.807, 2.05) is 36.4 Å². The molecule has 0 amide bonds. The lowest BCUT2D eigenvalue weighted by atomic mass is 10.1. The first-order valence-electron chi connectivity index (χ1n) is 7.10. The van der Waals surface area contributed by atoms with E-state index in [1.165, 1.54) is 19.1 Å². The molecular formula is C18H14N2O3. The zero-order valence-electron chi connectivity index (χ0n) is 12.5. The van der Waals surface area contributed by atoms with Gasteiger partial charge in [0.1, 0.15) is 0 Å². The molecule has 0 unspecified atom stereocenters. The van der Waals surface area contributed by atoms with Crippen LogP contribution in [0.5, 0.6) is 0 Å². The predicted molar refractivity (Wildman–Crippen MR) is 89.9 cm³/mol. The van der Waals surface area contributed by atoms with Gasteiger partial charge >= 0.3 is 0 Å². The summed E-state index contributed by atoms with van der Waals surface area (Å²) in [5, 5.41) is 11.8. The fourth-order valence-corrected chi connectivity index (χ4v) is 2.49. The highest BCUT2D eigenvalue weighted by molar-refractivity contribution is 6.20. The number of nitro groups is 1. The minimum Gasteiger partial charge on any atom is -0.313 e. The van der Waals surface area contributed by atoms with Crippen LogP contribution in [0.15, 0.2) is 60.8 Å². The van der Waals surface area contributed by atoms with Gasteiger partial charge in [0, 0.05) is 30.6 Å². The van der Waals surface area contributed by atoms with Crippen molar-refractivity contribution in [2.45, 2.75) is 6.92 Å². The first kappa shape index (κ1) is 14.7. The van der Waals surface area contributed by atoms with Crippen molar-refractivity contribution in [3.05, 3.63) is 76.5 Å². The molecule has 2 aromatic carbocycles. The van der Waals surface area contributed by atoms with E-state index in [0.717, 1.165) is 10.9 Å². The van der Waals surface area contributed by atoms with Crippen LogP contribution in [0, 0.1) is 10.1 Å². The van der Waals surface area contributed by atoms with Gasteiger partial charge in [-0.25, -0.2) is 0 Å². The maximum absolute atomic E-state index is 12.1. The molecule has 0 fully saturated rings. The number of benzene rings is 2. The third-order valence-electron chi connectivity index (χ3n) is 3.61. The molecule has 0 radical (unpaired) electrons. The monoisotopic (exact) mass is 306 g/mol.